The Morgan fingerprint density at radius 1 is 1.40 bits per heavy atom. The molecule has 1 unspecified atom stereocenters. The zero-order valence-corrected chi connectivity index (χ0v) is 12.9. The lowest BCUT2D eigenvalue weighted by Crippen LogP contribution is -2.39. The van der Waals surface area contributed by atoms with Crippen molar-refractivity contribution in [3.8, 4) is 5.88 Å². The lowest BCUT2D eigenvalue weighted by molar-refractivity contribution is 0.325. The summed E-state index contributed by atoms with van der Waals surface area (Å²) >= 11 is 0. The van der Waals surface area contributed by atoms with Crippen LogP contribution in [0.25, 0.3) is 0 Å². The Morgan fingerprint density at radius 3 is 2.90 bits per heavy atom. The van der Waals surface area contributed by atoms with Crippen LogP contribution in [0.1, 0.15) is 38.8 Å². The van der Waals surface area contributed by atoms with Crippen LogP contribution in [0.15, 0.2) is 6.07 Å². The number of hydrogen-bond donors (Lipinski definition) is 1. The molecule has 0 bridgehead atoms. The van der Waals surface area contributed by atoms with Crippen LogP contribution in [0.2, 0.25) is 0 Å². The first kappa shape index (κ1) is 15.0. The summed E-state index contributed by atoms with van der Waals surface area (Å²) < 4.78 is 5.53. The molecule has 2 rings (SSSR count). The highest BCUT2D eigenvalue weighted by atomic mass is 16.5. The quantitative estimate of drug-likeness (QED) is 0.828. The summed E-state index contributed by atoms with van der Waals surface area (Å²) in [5.74, 6) is 1.47. The van der Waals surface area contributed by atoms with Crippen molar-refractivity contribution in [3.63, 3.8) is 0 Å². The van der Waals surface area contributed by atoms with Gasteiger partial charge in [0.2, 0.25) is 11.8 Å². The molecule has 112 valence electrons. The fourth-order valence-electron chi connectivity index (χ4n) is 2.61. The number of nitrogens with zero attached hydrogens (tertiary/aromatic N) is 3. The molecule has 0 spiro atoms. The van der Waals surface area contributed by atoms with E-state index in [2.05, 4.69) is 27.1 Å². The largest absolute Gasteiger partial charge is 0.478 e. The van der Waals surface area contributed by atoms with E-state index in [-0.39, 0.29) is 0 Å². The van der Waals surface area contributed by atoms with Crippen LogP contribution in [-0.2, 0) is 0 Å². The molecule has 0 radical (unpaired) electrons. The lowest BCUT2D eigenvalue weighted by Gasteiger charge is -2.26. The van der Waals surface area contributed by atoms with Crippen molar-refractivity contribution in [3.05, 3.63) is 11.8 Å². The van der Waals surface area contributed by atoms with E-state index in [4.69, 9.17) is 4.74 Å². The Balaban J connectivity index is 2.14. The molecule has 2 heterocycles. The normalized spacial score (nSPS) is 18.2. The second kappa shape index (κ2) is 7.43. The summed E-state index contributed by atoms with van der Waals surface area (Å²) in [6.07, 6.45) is 3.60. The average molecular weight is 278 g/mol. The highest BCUT2D eigenvalue weighted by Crippen LogP contribution is 2.17. The molecular formula is C15H26N4O. The Bertz CT molecular complexity index is 418. The van der Waals surface area contributed by atoms with E-state index < -0.39 is 0 Å². The number of ether oxygens (including phenoxy) is 1. The summed E-state index contributed by atoms with van der Waals surface area (Å²) in [5, 5.41) is 3.54. The van der Waals surface area contributed by atoms with E-state index in [1.165, 1.54) is 12.8 Å². The van der Waals surface area contributed by atoms with Gasteiger partial charge in [0.1, 0.15) is 0 Å². The van der Waals surface area contributed by atoms with E-state index >= 15 is 0 Å². The minimum atomic E-state index is 0.557. The van der Waals surface area contributed by atoms with Crippen molar-refractivity contribution >= 4 is 5.95 Å². The van der Waals surface area contributed by atoms with Gasteiger partial charge in [-0.1, -0.05) is 6.92 Å². The average Bonchev–Trinajstić information content (AvgIpc) is 2.91. The standard InChI is InChI=1S/C15H26N4O/c1-4-9-19(11-13-7-6-8-16-13)15-17-12(3)10-14(18-15)20-5-2/h10,13,16H,4-9,11H2,1-3H3. The maximum atomic E-state index is 5.53. The number of nitrogens with one attached hydrogen (secondary N) is 1. The van der Waals surface area contributed by atoms with Crippen LogP contribution in [0, 0.1) is 6.92 Å². The predicted octanol–water partition coefficient (Wildman–Crippen LogP) is 2.15. The third-order valence-electron chi connectivity index (χ3n) is 3.49. The van der Waals surface area contributed by atoms with Gasteiger partial charge in [-0.05, 0) is 39.7 Å². The molecule has 20 heavy (non-hydrogen) atoms. The molecule has 1 N–H and O–H groups in total. The highest BCUT2D eigenvalue weighted by molar-refractivity contribution is 5.34. The molecule has 5 heteroatoms. The Hall–Kier alpha value is -1.36. The van der Waals surface area contributed by atoms with Gasteiger partial charge in [-0.15, -0.1) is 0 Å². The fourth-order valence-corrected chi connectivity index (χ4v) is 2.61. The third-order valence-corrected chi connectivity index (χ3v) is 3.49. The molecule has 5 nitrogen and oxygen atoms in total. The number of hydrogen-bond acceptors (Lipinski definition) is 5. The van der Waals surface area contributed by atoms with Gasteiger partial charge in [0.05, 0.1) is 6.61 Å². The summed E-state index contributed by atoms with van der Waals surface area (Å²) in [6, 6.07) is 2.45. The van der Waals surface area contributed by atoms with Crippen molar-refractivity contribution in [1.29, 1.82) is 0 Å². The second-order valence-electron chi connectivity index (χ2n) is 5.32. The van der Waals surface area contributed by atoms with Crippen LogP contribution in [0.3, 0.4) is 0 Å². The van der Waals surface area contributed by atoms with Gasteiger partial charge in [0, 0.05) is 30.9 Å². The van der Waals surface area contributed by atoms with Gasteiger partial charge in [0.25, 0.3) is 0 Å². The van der Waals surface area contributed by atoms with Crippen molar-refractivity contribution in [1.82, 2.24) is 15.3 Å². The van der Waals surface area contributed by atoms with E-state index in [1.54, 1.807) is 0 Å². The van der Waals surface area contributed by atoms with Gasteiger partial charge in [-0.25, -0.2) is 4.98 Å². The summed E-state index contributed by atoms with van der Waals surface area (Å²) in [4.78, 5) is 11.4. The van der Waals surface area contributed by atoms with Crippen molar-refractivity contribution in [2.75, 3.05) is 31.1 Å². The number of anilines is 1. The van der Waals surface area contributed by atoms with Crippen LogP contribution >= 0.6 is 0 Å². The Morgan fingerprint density at radius 2 is 2.25 bits per heavy atom. The van der Waals surface area contributed by atoms with Crippen molar-refractivity contribution in [2.45, 2.75) is 46.1 Å². The molecule has 0 saturated carbocycles. The van der Waals surface area contributed by atoms with Crippen LogP contribution in [-0.4, -0.2) is 42.3 Å². The molecule has 1 aromatic rings. The molecule has 1 aliphatic heterocycles. The molecule has 1 saturated heterocycles. The van der Waals surface area contributed by atoms with Gasteiger partial charge in [-0.2, -0.15) is 4.98 Å². The topological polar surface area (TPSA) is 50.3 Å². The zero-order valence-electron chi connectivity index (χ0n) is 12.9. The Kier molecular flexibility index (Phi) is 5.59. The molecule has 1 aromatic heterocycles. The second-order valence-corrected chi connectivity index (χ2v) is 5.32. The van der Waals surface area contributed by atoms with Gasteiger partial charge < -0.3 is 15.0 Å². The first-order chi connectivity index (χ1) is 9.72. The lowest BCUT2D eigenvalue weighted by atomic mass is 10.2. The van der Waals surface area contributed by atoms with Crippen molar-refractivity contribution in [2.24, 2.45) is 0 Å². The van der Waals surface area contributed by atoms with Crippen molar-refractivity contribution < 1.29 is 4.74 Å². The van der Waals surface area contributed by atoms with Crippen LogP contribution in [0.4, 0.5) is 5.95 Å². The van der Waals surface area contributed by atoms with E-state index in [0.29, 0.717) is 18.5 Å². The first-order valence-electron chi connectivity index (χ1n) is 7.69. The van der Waals surface area contributed by atoms with Crippen LogP contribution in [0.5, 0.6) is 5.88 Å². The number of aromatic nitrogens is 2. The van der Waals surface area contributed by atoms with Crippen LogP contribution < -0.4 is 15.0 Å². The smallest absolute Gasteiger partial charge is 0.228 e. The molecule has 0 aromatic carbocycles. The first-order valence-corrected chi connectivity index (χ1v) is 7.69. The monoisotopic (exact) mass is 278 g/mol. The number of aryl methyl sites for hydroxylation is 1. The highest BCUT2D eigenvalue weighted by Gasteiger charge is 2.20. The van der Waals surface area contributed by atoms with Gasteiger partial charge in [0.15, 0.2) is 0 Å². The van der Waals surface area contributed by atoms with E-state index in [9.17, 15) is 0 Å². The van der Waals surface area contributed by atoms with E-state index in [0.717, 1.165) is 37.7 Å². The molecule has 1 aliphatic rings. The Labute approximate surface area is 121 Å². The predicted molar refractivity (Wildman–Crippen MR) is 81.5 cm³/mol. The van der Waals surface area contributed by atoms with Gasteiger partial charge in [-0.3, -0.25) is 0 Å². The minimum absolute atomic E-state index is 0.557. The number of rotatable bonds is 7. The summed E-state index contributed by atoms with van der Waals surface area (Å²) in [6.45, 7) is 9.87. The molecule has 0 aliphatic carbocycles. The zero-order chi connectivity index (χ0) is 14.4. The van der Waals surface area contributed by atoms with Gasteiger partial charge >= 0.3 is 0 Å². The SMILES string of the molecule is CCCN(CC1CCCN1)c1nc(C)cc(OCC)n1. The summed E-state index contributed by atoms with van der Waals surface area (Å²) in [5.41, 5.74) is 0.957. The maximum Gasteiger partial charge on any atom is 0.228 e. The minimum Gasteiger partial charge on any atom is -0.478 e. The fraction of sp³-hybridized carbons (Fsp3) is 0.733. The maximum absolute atomic E-state index is 5.53. The summed E-state index contributed by atoms with van der Waals surface area (Å²) in [7, 11) is 0. The van der Waals surface area contributed by atoms with E-state index in [1.807, 2.05) is 19.9 Å². The molecule has 1 fully saturated rings. The molecule has 1 atom stereocenters. The third kappa shape index (κ3) is 4.07. The molecule has 0 amide bonds. The molecular weight excluding hydrogens is 252 g/mol.